The van der Waals surface area contributed by atoms with Crippen LogP contribution in [-0.4, -0.2) is 47.4 Å². The Morgan fingerprint density at radius 1 is 1.35 bits per heavy atom. The maximum atomic E-state index is 13.0. The summed E-state index contributed by atoms with van der Waals surface area (Å²) in [5.41, 5.74) is 6.83. The number of nitrogens with two attached hydrogens (primary N) is 1. The predicted octanol–water partition coefficient (Wildman–Crippen LogP) is 1.99. The summed E-state index contributed by atoms with van der Waals surface area (Å²) in [5, 5.41) is 0. The maximum absolute atomic E-state index is 13.0. The summed E-state index contributed by atoms with van der Waals surface area (Å²) in [4.78, 5) is 17.2. The van der Waals surface area contributed by atoms with E-state index in [0.29, 0.717) is 19.0 Å². The molecule has 2 fully saturated rings. The first-order valence-electron chi connectivity index (χ1n) is 8.57. The van der Waals surface area contributed by atoms with E-state index in [4.69, 9.17) is 5.73 Å². The molecule has 0 radical (unpaired) electrons. The normalized spacial score (nSPS) is 28.5. The number of likely N-dealkylation sites (tertiary alicyclic amines) is 2. The average Bonchev–Trinajstić information content (AvgIpc) is 3.15. The van der Waals surface area contributed by atoms with Gasteiger partial charge in [0.2, 0.25) is 5.91 Å². The van der Waals surface area contributed by atoms with E-state index in [0.717, 1.165) is 37.9 Å². The summed E-state index contributed by atoms with van der Waals surface area (Å²) < 4.78 is 13.0. The summed E-state index contributed by atoms with van der Waals surface area (Å²) in [5.74, 6) is 0.454. The molecule has 23 heavy (non-hydrogen) atoms. The van der Waals surface area contributed by atoms with Crippen molar-refractivity contribution in [1.82, 2.24) is 9.80 Å². The van der Waals surface area contributed by atoms with Crippen LogP contribution in [0.5, 0.6) is 0 Å². The van der Waals surface area contributed by atoms with Crippen molar-refractivity contribution in [3.8, 4) is 0 Å². The van der Waals surface area contributed by atoms with E-state index in [1.54, 1.807) is 12.1 Å². The quantitative estimate of drug-likeness (QED) is 0.923. The van der Waals surface area contributed by atoms with Crippen LogP contribution in [0.15, 0.2) is 24.3 Å². The third-order valence-electron chi connectivity index (χ3n) is 5.23. The third-order valence-corrected chi connectivity index (χ3v) is 5.23. The van der Waals surface area contributed by atoms with E-state index < -0.39 is 0 Å². The fraction of sp³-hybridized carbons (Fsp3) is 0.611. The molecule has 0 aromatic heterocycles. The highest BCUT2D eigenvalue weighted by Gasteiger charge is 2.39. The number of benzene rings is 1. The van der Waals surface area contributed by atoms with Crippen LogP contribution in [0.2, 0.25) is 0 Å². The minimum absolute atomic E-state index is 0.0426. The number of halogens is 1. The van der Waals surface area contributed by atoms with E-state index >= 15 is 0 Å². The van der Waals surface area contributed by atoms with Gasteiger partial charge in [-0.3, -0.25) is 9.69 Å². The SMILES string of the molecule is CC1CC(CN)CN1C(=O)C1CCCN1Cc1ccc(F)cc1. The van der Waals surface area contributed by atoms with E-state index in [9.17, 15) is 9.18 Å². The number of carbonyl (C=O) groups is 1. The molecule has 2 aliphatic rings. The Kier molecular flexibility index (Phi) is 4.97. The second-order valence-electron chi connectivity index (χ2n) is 6.93. The Balaban J connectivity index is 1.66. The summed E-state index contributed by atoms with van der Waals surface area (Å²) in [7, 11) is 0. The third kappa shape index (κ3) is 3.56. The summed E-state index contributed by atoms with van der Waals surface area (Å²) in [6.07, 6.45) is 2.96. The summed E-state index contributed by atoms with van der Waals surface area (Å²) >= 11 is 0. The molecule has 4 nitrogen and oxygen atoms in total. The van der Waals surface area contributed by atoms with Crippen molar-refractivity contribution >= 4 is 5.91 Å². The van der Waals surface area contributed by atoms with Gasteiger partial charge in [0.1, 0.15) is 5.82 Å². The highest BCUT2D eigenvalue weighted by atomic mass is 19.1. The summed E-state index contributed by atoms with van der Waals surface area (Å²) in [6.45, 7) is 5.19. The molecule has 126 valence electrons. The van der Waals surface area contributed by atoms with Crippen molar-refractivity contribution in [3.05, 3.63) is 35.6 Å². The van der Waals surface area contributed by atoms with Gasteiger partial charge in [-0.15, -0.1) is 0 Å². The molecule has 0 spiro atoms. The smallest absolute Gasteiger partial charge is 0.240 e. The number of rotatable bonds is 4. The Labute approximate surface area is 137 Å². The van der Waals surface area contributed by atoms with Crippen molar-refractivity contribution in [3.63, 3.8) is 0 Å². The van der Waals surface area contributed by atoms with Crippen molar-refractivity contribution in [2.24, 2.45) is 11.7 Å². The summed E-state index contributed by atoms with van der Waals surface area (Å²) in [6, 6.07) is 6.81. The van der Waals surface area contributed by atoms with Crippen molar-refractivity contribution in [1.29, 1.82) is 0 Å². The molecule has 3 rings (SSSR count). The van der Waals surface area contributed by atoms with Gasteiger partial charge in [0, 0.05) is 19.1 Å². The van der Waals surface area contributed by atoms with E-state index in [1.165, 1.54) is 12.1 Å². The molecular formula is C18H26FN3O. The van der Waals surface area contributed by atoms with Crippen LogP contribution in [0.3, 0.4) is 0 Å². The average molecular weight is 319 g/mol. The largest absolute Gasteiger partial charge is 0.338 e. The zero-order valence-electron chi connectivity index (χ0n) is 13.7. The first kappa shape index (κ1) is 16.4. The second kappa shape index (κ2) is 6.97. The predicted molar refractivity (Wildman–Crippen MR) is 88.2 cm³/mol. The monoisotopic (exact) mass is 319 g/mol. The number of amides is 1. The minimum Gasteiger partial charge on any atom is -0.338 e. The highest BCUT2D eigenvalue weighted by Crippen LogP contribution is 2.28. The van der Waals surface area contributed by atoms with Gasteiger partial charge >= 0.3 is 0 Å². The molecule has 0 bridgehead atoms. The van der Waals surface area contributed by atoms with Crippen LogP contribution in [0.25, 0.3) is 0 Å². The molecule has 3 atom stereocenters. The Morgan fingerprint density at radius 3 is 2.74 bits per heavy atom. The van der Waals surface area contributed by atoms with Crippen LogP contribution in [0.1, 0.15) is 31.7 Å². The van der Waals surface area contributed by atoms with Crippen LogP contribution < -0.4 is 5.73 Å². The number of carbonyl (C=O) groups excluding carboxylic acids is 1. The van der Waals surface area contributed by atoms with Crippen molar-refractivity contribution < 1.29 is 9.18 Å². The molecule has 1 amide bonds. The molecular weight excluding hydrogens is 293 g/mol. The molecule has 2 heterocycles. The molecule has 0 aliphatic carbocycles. The Bertz CT molecular complexity index is 548. The molecule has 2 saturated heterocycles. The van der Waals surface area contributed by atoms with Crippen LogP contribution in [0.4, 0.5) is 4.39 Å². The highest BCUT2D eigenvalue weighted by molar-refractivity contribution is 5.82. The van der Waals surface area contributed by atoms with Crippen molar-refractivity contribution in [2.75, 3.05) is 19.6 Å². The van der Waals surface area contributed by atoms with Gasteiger partial charge in [0.25, 0.3) is 0 Å². The zero-order chi connectivity index (χ0) is 16.4. The molecule has 3 unspecified atom stereocenters. The van der Waals surface area contributed by atoms with Gasteiger partial charge in [0.05, 0.1) is 6.04 Å². The fourth-order valence-corrected chi connectivity index (χ4v) is 3.93. The topological polar surface area (TPSA) is 49.6 Å². The Morgan fingerprint density at radius 2 is 2.09 bits per heavy atom. The number of hydrogen-bond donors (Lipinski definition) is 1. The lowest BCUT2D eigenvalue weighted by atomic mass is 10.1. The van der Waals surface area contributed by atoms with Crippen LogP contribution in [-0.2, 0) is 11.3 Å². The van der Waals surface area contributed by atoms with Gasteiger partial charge in [0.15, 0.2) is 0 Å². The number of nitrogens with zero attached hydrogens (tertiary/aromatic N) is 2. The lowest BCUT2D eigenvalue weighted by Gasteiger charge is -2.30. The van der Waals surface area contributed by atoms with Gasteiger partial charge in [-0.25, -0.2) is 4.39 Å². The molecule has 0 saturated carbocycles. The van der Waals surface area contributed by atoms with Crippen LogP contribution >= 0.6 is 0 Å². The maximum Gasteiger partial charge on any atom is 0.240 e. The lowest BCUT2D eigenvalue weighted by molar-refractivity contribution is -0.136. The molecule has 2 aliphatic heterocycles. The van der Waals surface area contributed by atoms with Gasteiger partial charge < -0.3 is 10.6 Å². The second-order valence-corrected chi connectivity index (χ2v) is 6.93. The minimum atomic E-state index is -0.221. The van der Waals surface area contributed by atoms with Gasteiger partial charge in [-0.1, -0.05) is 12.1 Å². The first-order chi connectivity index (χ1) is 11.1. The molecule has 1 aromatic rings. The standard InChI is InChI=1S/C18H26FN3O/c1-13-9-15(10-20)12-22(13)18(23)17-3-2-8-21(17)11-14-4-6-16(19)7-5-14/h4-7,13,15,17H,2-3,8-12,20H2,1H3. The lowest BCUT2D eigenvalue weighted by Crippen LogP contribution is -2.46. The Hall–Kier alpha value is -1.46. The van der Waals surface area contributed by atoms with E-state index in [1.807, 2.05) is 4.90 Å². The zero-order valence-corrected chi connectivity index (χ0v) is 13.7. The first-order valence-corrected chi connectivity index (χ1v) is 8.57. The van der Waals surface area contributed by atoms with Crippen LogP contribution in [0, 0.1) is 11.7 Å². The number of hydrogen-bond acceptors (Lipinski definition) is 3. The molecule has 1 aromatic carbocycles. The molecule has 2 N–H and O–H groups in total. The van der Waals surface area contributed by atoms with Crippen molar-refractivity contribution in [2.45, 2.75) is 44.8 Å². The molecule has 5 heteroatoms. The van der Waals surface area contributed by atoms with Gasteiger partial charge in [-0.05, 0) is 62.9 Å². The van der Waals surface area contributed by atoms with Gasteiger partial charge in [-0.2, -0.15) is 0 Å². The van der Waals surface area contributed by atoms with E-state index in [-0.39, 0.29) is 23.8 Å². The fourth-order valence-electron chi connectivity index (χ4n) is 3.93. The van der Waals surface area contributed by atoms with E-state index in [2.05, 4.69) is 11.8 Å².